The van der Waals surface area contributed by atoms with Gasteiger partial charge in [0.25, 0.3) is 11.8 Å². The second kappa shape index (κ2) is 10.9. The maximum absolute atomic E-state index is 13.3. The minimum Gasteiger partial charge on any atom is -0.490 e. The van der Waals surface area contributed by atoms with E-state index in [4.69, 9.17) is 21.1 Å². The molecule has 1 fully saturated rings. The molecule has 0 bridgehead atoms. The zero-order chi connectivity index (χ0) is 26.7. The number of barbiturate groups is 1. The van der Waals surface area contributed by atoms with Crippen LogP contribution in [0.25, 0.3) is 6.08 Å². The molecule has 0 aliphatic carbocycles. The molecule has 0 saturated carbocycles. The molecule has 4 amide bonds. The van der Waals surface area contributed by atoms with Crippen LogP contribution >= 0.6 is 11.6 Å². The Morgan fingerprint density at radius 3 is 2.35 bits per heavy atom. The van der Waals surface area contributed by atoms with E-state index in [0.717, 1.165) is 10.5 Å². The Kier molecular flexibility index (Phi) is 7.64. The molecule has 8 heteroatoms. The number of carbonyl (C=O) groups excluding carboxylic acids is 3. The van der Waals surface area contributed by atoms with Crippen LogP contribution in [0.3, 0.4) is 0 Å². The van der Waals surface area contributed by atoms with Crippen LogP contribution in [0.4, 0.5) is 10.5 Å². The van der Waals surface area contributed by atoms with Crippen molar-refractivity contribution < 1.29 is 23.9 Å². The fourth-order valence-corrected chi connectivity index (χ4v) is 4.09. The molecule has 0 radical (unpaired) electrons. The molecule has 0 aromatic heterocycles. The van der Waals surface area contributed by atoms with Crippen molar-refractivity contribution in [3.8, 4) is 11.5 Å². The Hall–Kier alpha value is -4.10. The molecule has 190 valence electrons. The Bertz CT molecular complexity index is 1430. The number of hydrogen-bond donors (Lipinski definition) is 1. The monoisotopic (exact) mass is 518 g/mol. The van der Waals surface area contributed by atoms with Crippen molar-refractivity contribution in [1.82, 2.24) is 5.32 Å². The molecule has 1 heterocycles. The molecule has 1 aliphatic heterocycles. The van der Waals surface area contributed by atoms with E-state index in [1.54, 1.807) is 37.3 Å². The van der Waals surface area contributed by atoms with Gasteiger partial charge in [-0.1, -0.05) is 41.9 Å². The van der Waals surface area contributed by atoms with Gasteiger partial charge >= 0.3 is 6.03 Å². The molecule has 3 aromatic carbocycles. The standard InChI is InChI=1S/C29H27ClN2O5/c1-5-36-26-14-20(9-11-25(26)37-16-21-8-6-17(2)19(4)12-21)13-23-27(33)31-29(35)32(28(23)34)24-15-22(30)10-7-18(24)3/h6-15H,5,16H2,1-4H3,(H,31,33,35)/b23-13+. The Morgan fingerprint density at radius 2 is 1.62 bits per heavy atom. The Morgan fingerprint density at radius 1 is 0.865 bits per heavy atom. The number of urea groups is 1. The maximum atomic E-state index is 13.3. The zero-order valence-electron chi connectivity index (χ0n) is 21.1. The fourth-order valence-electron chi connectivity index (χ4n) is 3.92. The van der Waals surface area contributed by atoms with Gasteiger partial charge in [-0.25, -0.2) is 9.69 Å². The number of nitrogens with zero attached hydrogens (tertiary/aromatic N) is 1. The van der Waals surface area contributed by atoms with Crippen LogP contribution in [0.15, 0.2) is 60.2 Å². The average molecular weight is 519 g/mol. The number of imide groups is 2. The van der Waals surface area contributed by atoms with Crippen LogP contribution in [0, 0.1) is 20.8 Å². The molecular weight excluding hydrogens is 492 g/mol. The molecule has 7 nitrogen and oxygen atoms in total. The van der Waals surface area contributed by atoms with Crippen molar-refractivity contribution in [2.45, 2.75) is 34.3 Å². The molecule has 1 aliphatic rings. The van der Waals surface area contributed by atoms with Gasteiger partial charge in [0, 0.05) is 5.02 Å². The van der Waals surface area contributed by atoms with Gasteiger partial charge in [0.05, 0.1) is 12.3 Å². The first-order valence-corrected chi connectivity index (χ1v) is 12.2. The highest BCUT2D eigenvalue weighted by Crippen LogP contribution is 2.32. The summed E-state index contributed by atoms with van der Waals surface area (Å²) in [4.78, 5) is 39.4. The van der Waals surface area contributed by atoms with Gasteiger partial charge in [0.15, 0.2) is 11.5 Å². The molecule has 1 saturated heterocycles. The number of hydrogen-bond acceptors (Lipinski definition) is 5. The van der Waals surface area contributed by atoms with Gasteiger partial charge < -0.3 is 9.47 Å². The number of rotatable bonds is 7. The number of nitrogens with one attached hydrogen (secondary N) is 1. The third kappa shape index (κ3) is 5.67. The number of aryl methyl sites for hydroxylation is 3. The van der Waals surface area contributed by atoms with E-state index >= 15 is 0 Å². The summed E-state index contributed by atoms with van der Waals surface area (Å²) in [6.07, 6.45) is 1.42. The lowest BCUT2D eigenvalue weighted by atomic mass is 10.1. The highest BCUT2D eigenvalue weighted by atomic mass is 35.5. The third-order valence-electron chi connectivity index (χ3n) is 6.06. The largest absolute Gasteiger partial charge is 0.490 e. The number of carbonyl (C=O) groups is 3. The minimum atomic E-state index is -0.831. The average Bonchev–Trinajstić information content (AvgIpc) is 2.85. The highest BCUT2D eigenvalue weighted by molar-refractivity contribution is 6.39. The van der Waals surface area contributed by atoms with Crippen molar-refractivity contribution in [3.05, 3.63) is 93.0 Å². The predicted octanol–water partition coefficient (Wildman–Crippen LogP) is 5.91. The lowest BCUT2D eigenvalue weighted by molar-refractivity contribution is -0.122. The molecule has 37 heavy (non-hydrogen) atoms. The maximum Gasteiger partial charge on any atom is 0.335 e. The first kappa shape index (κ1) is 26.0. The van der Waals surface area contributed by atoms with Crippen molar-refractivity contribution in [2.24, 2.45) is 0 Å². The summed E-state index contributed by atoms with van der Waals surface area (Å²) < 4.78 is 11.8. The van der Waals surface area contributed by atoms with Crippen molar-refractivity contribution in [1.29, 1.82) is 0 Å². The summed E-state index contributed by atoms with van der Waals surface area (Å²) in [5.74, 6) is -0.512. The summed E-state index contributed by atoms with van der Waals surface area (Å²) in [6.45, 7) is 8.47. The van der Waals surface area contributed by atoms with Gasteiger partial charge in [0.2, 0.25) is 0 Å². The normalized spacial score (nSPS) is 14.7. The number of amides is 4. The van der Waals surface area contributed by atoms with E-state index in [2.05, 4.69) is 31.3 Å². The van der Waals surface area contributed by atoms with Crippen molar-refractivity contribution >= 4 is 41.2 Å². The van der Waals surface area contributed by atoms with Gasteiger partial charge in [-0.2, -0.15) is 0 Å². The van der Waals surface area contributed by atoms with E-state index in [-0.39, 0.29) is 5.57 Å². The van der Waals surface area contributed by atoms with E-state index in [9.17, 15) is 14.4 Å². The number of ether oxygens (including phenoxy) is 2. The molecule has 0 unspecified atom stereocenters. The topological polar surface area (TPSA) is 84.9 Å². The lowest BCUT2D eigenvalue weighted by Gasteiger charge is -2.27. The first-order chi connectivity index (χ1) is 17.7. The second-order valence-electron chi connectivity index (χ2n) is 8.74. The summed E-state index contributed by atoms with van der Waals surface area (Å²) in [5.41, 5.74) is 4.74. The third-order valence-corrected chi connectivity index (χ3v) is 6.29. The summed E-state index contributed by atoms with van der Waals surface area (Å²) in [5, 5.41) is 2.60. The van der Waals surface area contributed by atoms with E-state index in [1.165, 1.54) is 23.3 Å². The number of halogens is 1. The van der Waals surface area contributed by atoms with Crippen molar-refractivity contribution in [3.63, 3.8) is 0 Å². The van der Waals surface area contributed by atoms with Crippen LogP contribution in [-0.4, -0.2) is 24.5 Å². The van der Waals surface area contributed by atoms with Crippen LogP contribution in [0.2, 0.25) is 5.02 Å². The summed E-state index contributed by atoms with van der Waals surface area (Å²) in [7, 11) is 0. The smallest absolute Gasteiger partial charge is 0.335 e. The fraction of sp³-hybridized carbons (Fsp3) is 0.207. The number of anilines is 1. The quantitative estimate of drug-likeness (QED) is 0.310. The van der Waals surface area contributed by atoms with Crippen LogP contribution < -0.4 is 19.7 Å². The first-order valence-electron chi connectivity index (χ1n) is 11.8. The zero-order valence-corrected chi connectivity index (χ0v) is 21.8. The second-order valence-corrected chi connectivity index (χ2v) is 9.17. The summed E-state index contributed by atoms with van der Waals surface area (Å²) >= 11 is 6.09. The SMILES string of the molecule is CCOc1cc(/C=C2\C(=O)NC(=O)N(c3cc(Cl)ccc3C)C2=O)ccc1OCc1ccc(C)c(C)c1. The predicted molar refractivity (Wildman–Crippen MR) is 143 cm³/mol. The van der Waals surface area contributed by atoms with E-state index in [1.807, 2.05) is 13.0 Å². The van der Waals surface area contributed by atoms with Crippen molar-refractivity contribution in [2.75, 3.05) is 11.5 Å². The van der Waals surface area contributed by atoms with E-state index < -0.39 is 17.8 Å². The lowest BCUT2D eigenvalue weighted by Crippen LogP contribution is -2.54. The Labute approximate surface area is 220 Å². The molecule has 0 atom stereocenters. The molecule has 4 rings (SSSR count). The summed E-state index contributed by atoms with van der Waals surface area (Å²) in [6, 6.07) is 15.3. The molecule has 0 spiro atoms. The van der Waals surface area contributed by atoms with Crippen LogP contribution in [-0.2, 0) is 16.2 Å². The minimum absolute atomic E-state index is 0.190. The molecule has 3 aromatic rings. The van der Waals surface area contributed by atoms with Gasteiger partial charge in [0.1, 0.15) is 12.2 Å². The van der Waals surface area contributed by atoms with E-state index in [0.29, 0.717) is 46.5 Å². The van der Waals surface area contributed by atoms with Gasteiger partial charge in [-0.15, -0.1) is 0 Å². The van der Waals surface area contributed by atoms with Gasteiger partial charge in [-0.05, 0) is 85.9 Å². The molecular formula is C29H27ClN2O5. The van der Waals surface area contributed by atoms with Crippen LogP contribution in [0.1, 0.15) is 34.7 Å². The Balaban J connectivity index is 1.63. The number of benzene rings is 3. The molecule has 1 N–H and O–H groups in total. The highest BCUT2D eigenvalue weighted by Gasteiger charge is 2.37. The van der Waals surface area contributed by atoms with Crippen LogP contribution in [0.5, 0.6) is 11.5 Å². The van der Waals surface area contributed by atoms with Gasteiger partial charge in [-0.3, -0.25) is 14.9 Å².